The minimum atomic E-state index is -0.314. The fraction of sp³-hybridized carbons (Fsp3) is 0.263. The number of rotatable bonds is 6. The third-order valence-electron chi connectivity index (χ3n) is 4.49. The van der Waals surface area contributed by atoms with Crippen LogP contribution in [0.1, 0.15) is 18.4 Å². The van der Waals surface area contributed by atoms with Crippen molar-refractivity contribution in [2.75, 3.05) is 23.5 Å². The molecule has 1 unspecified atom stereocenters. The van der Waals surface area contributed by atoms with Crippen molar-refractivity contribution in [2.45, 2.75) is 18.9 Å². The van der Waals surface area contributed by atoms with Crippen molar-refractivity contribution < 1.29 is 14.3 Å². The van der Waals surface area contributed by atoms with Gasteiger partial charge in [0.15, 0.2) is 0 Å². The number of ether oxygens (including phenoxy) is 1. The first kappa shape index (κ1) is 21.2. The van der Waals surface area contributed by atoms with Gasteiger partial charge in [-0.05, 0) is 42.8 Å². The van der Waals surface area contributed by atoms with E-state index in [1.54, 1.807) is 52.4 Å². The van der Waals surface area contributed by atoms with Crippen LogP contribution < -0.4 is 15.5 Å². The number of anilines is 2. The molecule has 8 nitrogen and oxygen atoms in total. The number of hydrogen-bond donors (Lipinski definition) is 2. The van der Waals surface area contributed by atoms with Crippen LogP contribution >= 0.6 is 12.4 Å². The van der Waals surface area contributed by atoms with Gasteiger partial charge in [-0.25, -0.2) is 9.78 Å². The molecule has 1 aliphatic rings. The Kier molecular flexibility index (Phi) is 6.94. The summed E-state index contributed by atoms with van der Waals surface area (Å²) in [6.07, 6.45) is 2.32. The fourth-order valence-electron chi connectivity index (χ4n) is 3.09. The monoisotopic (exact) mass is 403 g/mol. The number of carbonyl (C=O) groups is 2. The molecule has 148 valence electrons. The lowest BCUT2D eigenvalue weighted by molar-refractivity contribution is -0.140. The average Bonchev–Trinajstić information content (AvgIpc) is 3.03. The first-order valence-corrected chi connectivity index (χ1v) is 8.54. The van der Waals surface area contributed by atoms with Crippen LogP contribution in [0.5, 0.6) is 0 Å². The summed E-state index contributed by atoms with van der Waals surface area (Å²) >= 11 is 0. The highest BCUT2D eigenvalue weighted by molar-refractivity contribution is 6.06. The summed E-state index contributed by atoms with van der Waals surface area (Å²) in [6.45, 7) is 0.418. The first-order chi connectivity index (χ1) is 13.0. The third kappa shape index (κ3) is 4.40. The molecule has 3 rings (SSSR count). The maximum atomic E-state index is 13.1. The van der Waals surface area contributed by atoms with E-state index in [9.17, 15) is 9.59 Å². The van der Waals surface area contributed by atoms with E-state index in [0.29, 0.717) is 30.0 Å². The second-order valence-electron chi connectivity index (χ2n) is 6.18. The molecule has 1 aromatic heterocycles. The number of hydrogen-bond acceptors (Lipinski definition) is 5. The SMILES string of the molecule is COC(=O)CCC1CN(c2ccccn2)C(=O)N1c1ccc(C(=N)N)cc1.Cl. The number of urea groups is 1. The van der Waals surface area contributed by atoms with E-state index >= 15 is 0 Å². The normalized spacial score (nSPS) is 15.9. The molecule has 28 heavy (non-hydrogen) atoms. The number of amides is 2. The van der Waals surface area contributed by atoms with Crippen LogP contribution in [0, 0.1) is 5.41 Å². The van der Waals surface area contributed by atoms with Gasteiger partial charge >= 0.3 is 12.0 Å². The van der Waals surface area contributed by atoms with E-state index in [2.05, 4.69) is 4.98 Å². The molecule has 0 saturated carbocycles. The van der Waals surface area contributed by atoms with E-state index in [1.807, 2.05) is 6.07 Å². The Hall–Kier alpha value is -3.13. The third-order valence-corrected chi connectivity index (χ3v) is 4.49. The minimum absolute atomic E-state index is 0. The fourth-order valence-corrected chi connectivity index (χ4v) is 3.09. The van der Waals surface area contributed by atoms with Gasteiger partial charge < -0.3 is 10.5 Å². The maximum Gasteiger partial charge on any atom is 0.330 e. The van der Waals surface area contributed by atoms with Crippen LogP contribution in [0.25, 0.3) is 0 Å². The van der Waals surface area contributed by atoms with Gasteiger partial charge in [-0.2, -0.15) is 0 Å². The Morgan fingerprint density at radius 1 is 1.29 bits per heavy atom. The summed E-state index contributed by atoms with van der Waals surface area (Å²) in [6, 6.07) is 11.9. The Balaban J connectivity index is 0.00000280. The molecule has 2 aromatic rings. The second-order valence-corrected chi connectivity index (χ2v) is 6.18. The van der Waals surface area contributed by atoms with Gasteiger partial charge in [0.05, 0.1) is 19.7 Å². The molecule has 2 heterocycles. The van der Waals surface area contributed by atoms with Crippen LogP contribution in [0.2, 0.25) is 0 Å². The number of amidine groups is 1. The number of aromatic nitrogens is 1. The van der Waals surface area contributed by atoms with Gasteiger partial charge in [-0.15, -0.1) is 12.4 Å². The van der Waals surface area contributed by atoms with Gasteiger partial charge in [0.1, 0.15) is 11.7 Å². The highest BCUT2D eigenvalue weighted by Gasteiger charge is 2.39. The quantitative estimate of drug-likeness (QED) is 0.437. The zero-order valence-corrected chi connectivity index (χ0v) is 16.2. The molecule has 2 amide bonds. The molecule has 0 radical (unpaired) electrons. The predicted molar refractivity (Wildman–Crippen MR) is 109 cm³/mol. The molecular weight excluding hydrogens is 382 g/mol. The van der Waals surface area contributed by atoms with Gasteiger partial charge in [-0.3, -0.25) is 20.0 Å². The standard InChI is InChI=1S/C19H21N5O3.ClH/c1-27-17(25)10-9-15-12-23(16-4-2-3-11-22-16)19(26)24(15)14-7-5-13(6-8-14)18(20)21;/h2-8,11,15H,9-10,12H2,1H3,(H3,20,21);1H. The van der Waals surface area contributed by atoms with E-state index < -0.39 is 0 Å². The van der Waals surface area contributed by atoms with Crippen molar-refractivity contribution in [2.24, 2.45) is 5.73 Å². The largest absolute Gasteiger partial charge is 0.469 e. The molecule has 1 aliphatic heterocycles. The number of nitrogen functional groups attached to an aromatic ring is 1. The van der Waals surface area contributed by atoms with Gasteiger partial charge in [0, 0.05) is 23.9 Å². The molecule has 1 saturated heterocycles. The van der Waals surface area contributed by atoms with E-state index in [4.69, 9.17) is 15.9 Å². The number of esters is 1. The average molecular weight is 404 g/mol. The molecule has 0 aliphatic carbocycles. The van der Waals surface area contributed by atoms with Crippen LogP contribution in [0.15, 0.2) is 48.7 Å². The highest BCUT2D eigenvalue weighted by Crippen LogP contribution is 2.30. The maximum absolute atomic E-state index is 13.1. The lowest BCUT2D eigenvalue weighted by atomic mass is 10.1. The lowest BCUT2D eigenvalue weighted by Gasteiger charge is -2.23. The van der Waals surface area contributed by atoms with Crippen LogP contribution in [0.4, 0.5) is 16.3 Å². The molecule has 3 N–H and O–H groups in total. The van der Waals surface area contributed by atoms with Gasteiger partial charge in [0.25, 0.3) is 0 Å². The highest BCUT2D eigenvalue weighted by atomic mass is 35.5. The van der Waals surface area contributed by atoms with E-state index in [0.717, 1.165) is 0 Å². The second kappa shape index (κ2) is 9.18. The number of benzene rings is 1. The summed E-state index contributed by atoms with van der Waals surface area (Å²) in [7, 11) is 1.35. The van der Waals surface area contributed by atoms with Crippen molar-refractivity contribution in [3.63, 3.8) is 0 Å². The van der Waals surface area contributed by atoms with Crippen LogP contribution in [-0.4, -0.2) is 42.5 Å². The number of nitrogens with one attached hydrogen (secondary N) is 1. The van der Waals surface area contributed by atoms with Crippen molar-refractivity contribution in [3.8, 4) is 0 Å². The summed E-state index contributed by atoms with van der Waals surface area (Å²) in [5.41, 5.74) is 6.76. The predicted octanol–water partition coefficient (Wildman–Crippen LogP) is 2.56. The Bertz CT molecular complexity index is 844. The van der Waals surface area contributed by atoms with E-state index in [-0.39, 0.29) is 42.7 Å². The summed E-state index contributed by atoms with van der Waals surface area (Å²) < 4.78 is 4.73. The lowest BCUT2D eigenvalue weighted by Crippen LogP contribution is -2.35. The number of methoxy groups -OCH3 is 1. The van der Waals surface area contributed by atoms with Crippen LogP contribution in [-0.2, 0) is 9.53 Å². The number of pyridine rings is 1. The Morgan fingerprint density at radius 3 is 2.57 bits per heavy atom. The number of nitrogens with two attached hydrogens (primary N) is 1. The topological polar surface area (TPSA) is 113 Å². The number of nitrogens with zero attached hydrogens (tertiary/aromatic N) is 3. The van der Waals surface area contributed by atoms with Crippen molar-refractivity contribution >= 4 is 41.7 Å². The summed E-state index contributed by atoms with van der Waals surface area (Å²) in [5.74, 6) is 0.214. The smallest absolute Gasteiger partial charge is 0.330 e. The number of carbonyl (C=O) groups excluding carboxylic acids is 2. The summed E-state index contributed by atoms with van der Waals surface area (Å²) in [5, 5.41) is 7.50. The molecule has 1 aromatic carbocycles. The molecular formula is C19H22ClN5O3. The van der Waals surface area contributed by atoms with Gasteiger partial charge in [-0.1, -0.05) is 6.07 Å². The zero-order chi connectivity index (χ0) is 19.4. The van der Waals surface area contributed by atoms with E-state index in [1.165, 1.54) is 7.11 Å². The van der Waals surface area contributed by atoms with Crippen molar-refractivity contribution in [1.29, 1.82) is 5.41 Å². The molecule has 0 bridgehead atoms. The minimum Gasteiger partial charge on any atom is -0.469 e. The Labute approximate surface area is 169 Å². The molecule has 1 atom stereocenters. The van der Waals surface area contributed by atoms with Crippen LogP contribution in [0.3, 0.4) is 0 Å². The zero-order valence-electron chi connectivity index (χ0n) is 15.4. The molecule has 0 spiro atoms. The van der Waals surface area contributed by atoms with Gasteiger partial charge in [0.2, 0.25) is 0 Å². The number of halogens is 1. The molecule has 9 heteroatoms. The first-order valence-electron chi connectivity index (χ1n) is 8.54. The Morgan fingerprint density at radius 2 is 2.00 bits per heavy atom. The van der Waals surface area contributed by atoms with Crippen molar-refractivity contribution in [1.82, 2.24) is 4.98 Å². The summed E-state index contributed by atoms with van der Waals surface area (Å²) in [4.78, 5) is 32.2. The van der Waals surface area contributed by atoms with Crippen molar-refractivity contribution in [3.05, 3.63) is 54.2 Å². The molecule has 1 fully saturated rings.